The standard InChI is InChI=1S/C19H23N3O3S2/c1-12-4-9-16-17(11-26-18(16)10-12)19(23)21-20-13(2)14-5-7-15(8-6-14)22-27(3,24)25/h5-8,11-12,22H,4,9-10H2,1-3H3,(H,21,23)/b20-13-. The van der Waals surface area contributed by atoms with Crippen LogP contribution >= 0.6 is 11.3 Å². The van der Waals surface area contributed by atoms with Gasteiger partial charge >= 0.3 is 0 Å². The fourth-order valence-corrected chi connectivity index (χ4v) is 4.93. The predicted octanol–water partition coefficient (Wildman–Crippen LogP) is 3.40. The lowest BCUT2D eigenvalue weighted by Gasteiger charge is -2.18. The number of carbonyl (C=O) groups excluding carboxylic acids is 1. The SMILES string of the molecule is C/C(=N/NC(=O)c1csc2c1CCC(C)C2)c1ccc(NS(C)(=O)=O)cc1. The molecule has 0 radical (unpaired) electrons. The van der Waals surface area contributed by atoms with E-state index in [1.165, 1.54) is 10.4 Å². The third-order valence-corrected chi connectivity index (χ3v) is 6.24. The maximum atomic E-state index is 12.5. The van der Waals surface area contributed by atoms with Crippen LogP contribution in [0.4, 0.5) is 5.69 Å². The molecule has 0 saturated heterocycles. The molecule has 1 amide bonds. The summed E-state index contributed by atoms with van der Waals surface area (Å²) in [4.78, 5) is 13.8. The first-order valence-corrected chi connectivity index (χ1v) is 11.5. The number of carbonyl (C=O) groups is 1. The lowest BCUT2D eigenvalue weighted by atomic mass is 9.88. The summed E-state index contributed by atoms with van der Waals surface area (Å²) in [5.41, 5.74) is 6.47. The second kappa shape index (κ2) is 7.82. The highest BCUT2D eigenvalue weighted by Crippen LogP contribution is 2.32. The van der Waals surface area contributed by atoms with E-state index in [1.54, 1.807) is 42.5 Å². The number of amides is 1. The molecule has 1 aromatic heterocycles. The molecule has 2 N–H and O–H groups in total. The van der Waals surface area contributed by atoms with Crippen molar-refractivity contribution in [3.8, 4) is 0 Å². The Morgan fingerprint density at radius 3 is 2.63 bits per heavy atom. The number of benzene rings is 1. The fraction of sp³-hybridized carbons (Fsp3) is 0.368. The van der Waals surface area contributed by atoms with Crippen LogP contribution in [0.25, 0.3) is 0 Å². The number of nitrogens with one attached hydrogen (secondary N) is 2. The zero-order valence-corrected chi connectivity index (χ0v) is 17.2. The van der Waals surface area contributed by atoms with Gasteiger partial charge in [0.2, 0.25) is 10.0 Å². The largest absolute Gasteiger partial charge is 0.284 e. The van der Waals surface area contributed by atoms with Gasteiger partial charge in [-0.3, -0.25) is 9.52 Å². The van der Waals surface area contributed by atoms with Crippen molar-refractivity contribution in [1.82, 2.24) is 5.43 Å². The number of thiophene rings is 1. The summed E-state index contributed by atoms with van der Waals surface area (Å²) in [5.74, 6) is 0.490. The van der Waals surface area contributed by atoms with Crippen molar-refractivity contribution >= 4 is 38.7 Å². The maximum Gasteiger partial charge on any atom is 0.272 e. The van der Waals surface area contributed by atoms with Crippen molar-refractivity contribution in [3.63, 3.8) is 0 Å². The number of hydrogen-bond donors (Lipinski definition) is 2. The Morgan fingerprint density at radius 2 is 1.96 bits per heavy atom. The molecule has 1 aliphatic carbocycles. The number of hydrogen-bond acceptors (Lipinski definition) is 5. The van der Waals surface area contributed by atoms with Crippen molar-refractivity contribution in [2.45, 2.75) is 33.1 Å². The molecule has 0 fully saturated rings. The van der Waals surface area contributed by atoms with Crippen molar-refractivity contribution < 1.29 is 13.2 Å². The molecule has 1 unspecified atom stereocenters. The number of anilines is 1. The minimum atomic E-state index is -3.30. The Balaban J connectivity index is 1.68. The first-order valence-electron chi connectivity index (χ1n) is 8.75. The molecule has 3 rings (SSSR count). The Hall–Kier alpha value is -2.19. The van der Waals surface area contributed by atoms with Gasteiger partial charge in [0.05, 0.1) is 17.5 Å². The van der Waals surface area contributed by atoms with Gasteiger partial charge in [-0.05, 0) is 55.4 Å². The summed E-state index contributed by atoms with van der Waals surface area (Å²) < 4.78 is 24.9. The van der Waals surface area contributed by atoms with Crippen LogP contribution < -0.4 is 10.1 Å². The Kier molecular flexibility index (Phi) is 5.67. The fourth-order valence-electron chi connectivity index (χ4n) is 3.12. The maximum absolute atomic E-state index is 12.5. The highest BCUT2D eigenvalue weighted by atomic mass is 32.2. The van der Waals surface area contributed by atoms with Crippen LogP contribution in [-0.4, -0.2) is 26.3 Å². The summed E-state index contributed by atoms with van der Waals surface area (Å²) in [6, 6.07) is 6.83. The number of fused-ring (bicyclic) bond motifs is 1. The highest BCUT2D eigenvalue weighted by Gasteiger charge is 2.23. The molecule has 0 bridgehead atoms. The Morgan fingerprint density at radius 1 is 1.26 bits per heavy atom. The van der Waals surface area contributed by atoms with Crippen LogP contribution in [0, 0.1) is 5.92 Å². The van der Waals surface area contributed by atoms with Gasteiger partial charge < -0.3 is 0 Å². The summed E-state index contributed by atoms with van der Waals surface area (Å²) in [6.45, 7) is 4.04. The average Bonchev–Trinajstić information content (AvgIpc) is 3.01. The minimum Gasteiger partial charge on any atom is -0.284 e. The summed E-state index contributed by atoms with van der Waals surface area (Å²) in [5, 5.41) is 6.13. The molecule has 8 heteroatoms. The molecular weight excluding hydrogens is 382 g/mol. The van der Waals surface area contributed by atoms with Crippen LogP contribution in [0.5, 0.6) is 0 Å². The van der Waals surface area contributed by atoms with E-state index >= 15 is 0 Å². The molecule has 144 valence electrons. The summed E-state index contributed by atoms with van der Waals surface area (Å²) >= 11 is 1.66. The van der Waals surface area contributed by atoms with E-state index < -0.39 is 10.0 Å². The molecule has 1 atom stereocenters. The molecule has 0 saturated carbocycles. The molecule has 0 spiro atoms. The van der Waals surface area contributed by atoms with Gasteiger partial charge in [-0.2, -0.15) is 5.10 Å². The molecule has 6 nitrogen and oxygen atoms in total. The molecule has 1 aromatic carbocycles. The van der Waals surface area contributed by atoms with Gasteiger partial charge in [-0.15, -0.1) is 11.3 Å². The van der Waals surface area contributed by atoms with Crippen LogP contribution in [0.3, 0.4) is 0 Å². The van der Waals surface area contributed by atoms with E-state index in [0.29, 0.717) is 17.3 Å². The second-order valence-corrected chi connectivity index (χ2v) is 9.70. The monoisotopic (exact) mass is 405 g/mol. The van der Waals surface area contributed by atoms with E-state index in [0.717, 1.165) is 36.6 Å². The smallest absolute Gasteiger partial charge is 0.272 e. The Bertz CT molecular complexity index is 976. The van der Waals surface area contributed by atoms with Crippen molar-refractivity contribution in [3.05, 3.63) is 51.2 Å². The van der Waals surface area contributed by atoms with Crippen LogP contribution in [-0.2, 0) is 22.9 Å². The minimum absolute atomic E-state index is 0.184. The molecule has 27 heavy (non-hydrogen) atoms. The zero-order chi connectivity index (χ0) is 19.6. The van der Waals surface area contributed by atoms with Crippen LogP contribution in [0.1, 0.15) is 46.6 Å². The predicted molar refractivity (Wildman–Crippen MR) is 110 cm³/mol. The topological polar surface area (TPSA) is 87.6 Å². The molecule has 2 aromatic rings. The normalized spacial score (nSPS) is 17.3. The van der Waals surface area contributed by atoms with Crippen molar-refractivity contribution in [1.29, 1.82) is 0 Å². The van der Waals surface area contributed by atoms with Gasteiger partial charge in [-0.1, -0.05) is 19.1 Å². The molecule has 1 heterocycles. The number of nitrogens with zero attached hydrogens (tertiary/aromatic N) is 1. The first-order chi connectivity index (χ1) is 12.7. The summed E-state index contributed by atoms with van der Waals surface area (Å²) in [7, 11) is -3.30. The number of sulfonamides is 1. The van der Waals surface area contributed by atoms with Crippen molar-refractivity contribution in [2.75, 3.05) is 11.0 Å². The first kappa shape index (κ1) is 19.6. The lowest BCUT2D eigenvalue weighted by Crippen LogP contribution is -2.21. The van der Waals surface area contributed by atoms with Gasteiger partial charge in [0, 0.05) is 15.9 Å². The van der Waals surface area contributed by atoms with E-state index in [-0.39, 0.29) is 5.91 Å². The van der Waals surface area contributed by atoms with Gasteiger partial charge in [0.25, 0.3) is 5.91 Å². The quantitative estimate of drug-likeness (QED) is 0.590. The van der Waals surface area contributed by atoms with Crippen LogP contribution in [0.15, 0.2) is 34.7 Å². The van der Waals surface area contributed by atoms with Gasteiger partial charge in [-0.25, -0.2) is 13.8 Å². The molecular formula is C19H23N3O3S2. The second-order valence-electron chi connectivity index (χ2n) is 6.99. The van der Waals surface area contributed by atoms with E-state index in [4.69, 9.17) is 0 Å². The lowest BCUT2D eigenvalue weighted by molar-refractivity contribution is 0.0954. The van der Waals surface area contributed by atoms with Gasteiger partial charge in [0.15, 0.2) is 0 Å². The van der Waals surface area contributed by atoms with Crippen molar-refractivity contribution in [2.24, 2.45) is 11.0 Å². The number of rotatable bonds is 5. The van der Waals surface area contributed by atoms with Crippen LogP contribution in [0.2, 0.25) is 0 Å². The molecule has 1 aliphatic rings. The van der Waals surface area contributed by atoms with E-state index in [9.17, 15) is 13.2 Å². The average molecular weight is 406 g/mol. The summed E-state index contributed by atoms with van der Waals surface area (Å²) in [6.07, 6.45) is 4.21. The van der Waals surface area contributed by atoms with Gasteiger partial charge in [0.1, 0.15) is 0 Å². The third-order valence-electron chi connectivity index (χ3n) is 4.58. The highest BCUT2D eigenvalue weighted by molar-refractivity contribution is 7.92. The van der Waals surface area contributed by atoms with E-state index in [2.05, 4.69) is 22.2 Å². The Labute approximate surface area is 163 Å². The number of hydrazone groups is 1. The van der Waals surface area contributed by atoms with E-state index in [1.807, 2.05) is 5.38 Å². The zero-order valence-electron chi connectivity index (χ0n) is 15.6. The third kappa shape index (κ3) is 4.95. The molecule has 0 aliphatic heterocycles.